The molecular formula is C13H23N3O2S. The van der Waals surface area contributed by atoms with Gasteiger partial charge >= 0.3 is 0 Å². The van der Waals surface area contributed by atoms with Gasteiger partial charge in [-0.15, -0.1) is 0 Å². The number of hydrogen-bond acceptors (Lipinski definition) is 4. The van der Waals surface area contributed by atoms with Gasteiger partial charge in [0.2, 0.25) is 10.0 Å². The molecule has 1 aromatic rings. The van der Waals surface area contributed by atoms with Gasteiger partial charge in [0.1, 0.15) is 0 Å². The third-order valence-electron chi connectivity index (χ3n) is 2.87. The van der Waals surface area contributed by atoms with Gasteiger partial charge in [0.25, 0.3) is 0 Å². The van der Waals surface area contributed by atoms with Gasteiger partial charge in [-0.2, -0.15) is 4.31 Å². The summed E-state index contributed by atoms with van der Waals surface area (Å²) in [5.41, 5.74) is 1.07. The summed E-state index contributed by atoms with van der Waals surface area (Å²) < 4.78 is 26.0. The van der Waals surface area contributed by atoms with E-state index in [0.29, 0.717) is 18.0 Å². The molecule has 0 unspecified atom stereocenters. The molecule has 1 N–H and O–H groups in total. The van der Waals surface area contributed by atoms with Crippen LogP contribution in [0.5, 0.6) is 0 Å². The Hall–Kier alpha value is -0.950. The molecule has 0 aromatic heterocycles. The molecule has 0 bridgehead atoms. The summed E-state index contributed by atoms with van der Waals surface area (Å²) in [6.07, 6.45) is 0. The Morgan fingerprint density at radius 1 is 1.05 bits per heavy atom. The molecule has 0 saturated carbocycles. The number of likely N-dealkylation sites (N-methyl/N-ethyl adjacent to an activating group) is 2. The monoisotopic (exact) mass is 285 g/mol. The van der Waals surface area contributed by atoms with Crippen LogP contribution < -0.4 is 5.32 Å². The third-order valence-corrected chi connectivity index (χ3v) is 4.75. The minimum Gasteiger partial charge on any atom is -0.316 e. The van der Waals surface area contributed by atoms with Crippen LogP contribution in [0.2, 0.25) is 0 Å². The largest absolute Gasteiger partial charge is 0.316 e. The van der Waals surface area contributed by atoms with Gasteiger partial charge in [-0.3, -0.25) is 0 Å². The lowest BCUT2D eigenvalue weighted by Crippen LogP contribution is -2.33. The van der Waals surface area contributed by atoms with E-state index in [2.05, 4.69) is 5.32 Å². The van der Waals surface area contributed by atoms with Crippen LogP contribution in [0.15, 0.2) is 29.2 Å². The highest BCUT2D eigenvalue weighted by atomic mass is 32.2. The fourth-order valence-electron chi connectivity index (χ4n) is 1.62. The van der Waals surface area contributed by atoms with Crippen molar-refractivity contribution in [1.29, 1.82) is 0 Å². The Morgan fingerprint density at radius 2 is 1.63 bits per heavy atom. The quantitative estimate of drug-likeness (QED) is 0.796. The number of sulfonamides is 1. The Balaban J connectivity index is 2.81. The fraction of sp³-hybridized carbons (Fsp3) is 0.538. The molecule has 19 heavy (non-hydrogen) atoms. The average molecular weight is 285 g/mol. The highest BCUT2D eigenvalue weighted by molar-refractivity contribution is 7.89. The Kier molecular flexibility index (Phi) is 5.93. The van der Waals surface area contributed by atoms with E-state index in [1.165, 1.54) is 4.31 Å². The maximum Gasteiger partial charge on any atom is 0.242 e. The summed E-state index contributed by atoms with van der Waals surface area (Å²) >= 11 is 0. The third kappa shape index (κ3) is 4.58. The van der Waals surface area contributed by atoms with Gasteiger partial charge in [-0.25, -0.2) is 8.42 Å². The van der Waals surface area contributed by atoms with Crippen LogP contribution in [0.25, 0.3) is 0 Å². The zero-order chi connectivity index (χ0) is 14.5. The van der Waals surface area contributed by atoms with Crippen molar-refractivity contribution in [3.05, 3.63) is 29.8 Å². The van der Waals surface area contributed by atoms with Gasteiger partial charge in [-0.1, -0.05) is 12.1 Å². The lowest BCUT2D eigenvalue weighted by atomic mass is 10.2. The number of hydrogen-bond donors (Lipinski definition) is 1. The zero-order valence-electron chi connectivity index (χ0n) is 12.0. The van der Waals surface area contributed by atoms with E-state index in [4.69, 9.17) is 0 Å². The molecule has 0 aliphatic rings. The van der Waals surface area contributed by atoms with Crippen molar-refractivity contribution in [3.63, 3.8) is 0 Å². The van der Waals surface area contributed by atoms with Crippen LogP contribution in [-0.2, 0) is 16.6 Å². The fourth-order valence-corrected chi connectivity index (χ4v) is 2.79. The smallest absolute Gasteiger partial charge is 0.242 e. The average Bonchev–Trinajstić information content (AvgIpc) is 2.36. The molecule has 0 aliphatic carbocycles. The minimum absolute atomic E-state index is 0.341. The van der Waals surface area contributed by atoms with Crippen molar-refractivity contribution in [1.82, 2.24) is 14.5 Å². The molecule has 5 nitrogen and oxygen atoms in total. The highest BCUT2D eigenvalue weighted by Crippen LogP contribution is 2.15. The zero-order valence-corrected chi connectivity index (χ0v) is 12.9. The minimum atomic E-state index is -3.38. The molecule has 0 aliphatic heterocycles. The van der Waals surface area contributed by atoms with Crippen LogP contribution in [0.4, 0.5) is 0 Å². The molecule has 0 amide bonds. The summed E-state index contributed by atoms with van der Waals surface area (Å²) in [5.74, 6) is 0. The Morgan fingerprint density at radius 3 is 2.11 bits per heavy atom. The van der Waals surface area contributed by atoms with Gasteiger partial charge in [0.05, 0.1) is 4.90 Å². The second kappa shape index (κ2) is 7.00. The standard InChI is InChI=1S/C13H23N3O2S/c1-14-11-12-5-7-13(8-6-12)19(17,18)16(4)10-9-15(2)3/h5-8,14H,9-11H2,1-4H3. The number of nitrogens with zero attached hydrogens (tertiary/aromatic N) is 2. The summed E-state index contributed by atoms with van der Waals surface area (Å²) in [6, 6.07) is 6.99. The first-order valence-electron chi connectivity index (χ1n) is 6.22. The second-order valence-electron chi connectivity index (χ2n) is 4.80. The second-order valence-corrected chi connectivity index (χ2v) is 6.85. The van der Waals surface area contributed by atoms with E-state index >= 15 is 0 Å². The van der Waals surface area contributed by atoms with Crippen molar-refractivity contribution in [2.45, 2.75) is 11.4 Å². The molecular weight excluding hydrogens is 262 g/mol. The molecule has 0 heterocycles. The summed E-state index contributed by atoms with van der Waals surface area (Å²) in [7, 11) is 3.94. The van der Waals surface area contributed by atoms with Gasteiger partial charge in [0.15, 0.2) is 0 Å². The lowest BCUT2D eigenvalue weighted by Gasteiger charge is -2.19. The number of benzene rings is 1. The van der Waals surface area contributed by atoms with Crippen LogP contribution in [-0.4, -0.2) is 58.9 Å². The molecule has 0 spiro atoms. The molecule has 1 aromatic carbocycles. The summed E-state index contributed by atoms with van der Waals surface area (Å²) in [6.45, 7) is 1.91. The highest BCUT2D eigenvalue weighted by Gasteiger charge is 2.20. The number of rotatable bonds is 7. The number of nitrogens with one attached hydrogen (secondary N) is 1. The Bertz CT molecular complexity index is 483. The van der Waals surface area contributed by atoms with Crippen molar-refractivity contribution >= 4 is 10.0 Å². The molecule has 6 heteroatoms. The molecule has 0 fully saturated rings. The van der Waals surface area contributed by atoms with Gasteiger partial charge in [0, 0.05) is 26.7 Å². The van der Waals surface area contributed by atoms with Crippen LogP contribution in [0.1, 0.15) is 5.56 Å². The normalized spacial score (nSPS) is 12.3. The van der Waals surface area contributed by atoms with Crippen LogP contribution >= 0.6 is 0 Å². The predicted molar refractivity (Wildman–Crippen MR) is 77.6 cm³/mol. The van der Waals surface area contributed by atoms with E-state index in [-0.39, 0.29) is 0 Å². The summed E-state index contributed by atoms with van der Waals surface area (Å²) in [5, 5.41) is 3.03. The van der Waals surface area contributed by atoms with Crippen molar-refractivity contribution in [3.8, 4) is 0 Å². The lowest BCUT2D eigenvalue weighted by molar-refractivity contribution is 0.358. The molecule has 0 atom stereocenters. The van der Waals surface area contributed by atoms with Crippen LogP contribution in [0.3, 0.4) is 0 Å². The van der Waals surface area contributed by atoms with Crippen molar-refractivity contribution in [2.75, 3.05) is 41.3 Å². The van der Waals surface area contributed by atoms with E-state index in [1.807, 2.05) is 38.2 Å². The maximum absolute atomic E-state index is 12.3. The topological polar surface area (TPSA) is 52.7 Å². The van der Waals surface area contributed by atoms with E-state index < -0.39 is 10.0 Å². The molecule has 0 radical (unpaired) electrons. The van der Waals surface area contributed by atoms with Crippen molar-refractivity contribution in [2.24, 2.45) is 0 Å². The summed E-state index contributed by atoms with van der Waals surface area (Å²) in [4.78, 5) is 2.30. The molecule has 1 rings (SSSR count). The first-order valence-corrected chi connectivity index (χ1v) is 7.66. The van der Waals surface area contributed by atoms with E-state index in [1.54, 1.807) is 19.2 Å². The first kappa shape index (κ1) is 16.1. The van der Waals surface area contributed by atoms with E-state index in [0.717, 1.165) is 12.1 Å². The maximum atomic E-state index is 12.3. The molecule has 108 valence electrons. The van der Waals surface area contributed by atoms with Crippen LogP contribution in [0, 0.1) is 0 Å². The van der Waals surface area contributed by atoms with Gasteiger partial charge in [-0.05, 0) is 38.8 Å². The first-order chi connectivity index (χ1) is 8.87. The molecule has 0 saturated heterocycles. The predicted octanol–water partition coefficient (Wildman–Crippen LogP) is 0.588. The van der Waals surface area contributed by atoms with Crippen molar-refractivity contribution < 1.29 is 8.42 Å². The van der Waals surface area contributed by atoms with E-state index in [9.17, 15) is 8.42 Å². The Labute approximate surface area is 116 Å². The SMILES string of the molecule is CNCc1ccc(S(=O)(=O)N(C)CCN(C)C)cc1. The van der Waals surface area contributed by atoms with Gasteiger partial charge < -0.3 is 10.2 Å².